The lowest BCUT2D eigenvalue weighted by molar-refractivity contribution is -0.114. The number of benzene rings is 1. The van der Waals surface area contributed by atoms with Gasteiger partial charge < -0.3 is 4.90 Å². The normalized spacial score (nSPS) is 16.6. The van der Waals surface area contributed by atoms with Crippen LogP contribution >= 0.6 is 15.9 Å². The Balaban J connectivity index is 2.35. The molecule has 0 N–H and O–H groups in total. The van der Waals surface area contributed by atoms with Gasteiger partial charge >= 0.3 is 0 Å². The van der Waals surface area contributed by atoms with Crippen LogP contribution in [-0.4, -0.2) is 23.6 Å². The van der Waals surface area contributed by atoms with Crippen LogP contribution in [0.4, 0.5) is 10.1 Å². The molecule has 0 saturated carbocycles. The topological polar surface area (TPSA) is 37.4 Å². The van der Waals surface area contributed by atoms with Crippen LogP contribution in [0.5, 0.6) is 0 Å². The van der Waals surface area contributed by atoms with Gasteiger partial charge in [-0.05, 0) is 29.5 Å². The third-order valence-corrected chi connectivity index (χ3v) is 4.53. The third kappa shape index (κ3) is 2.64. The van der Waals surface area contributed by atoms with Crippen LogP contribution in [-0.2, 0) is 4.79 Å². The number of amides is 1. The fourth-order valence-corrected chi connectivity index (χ4v) is 3.40. The highest BCUT2D eigenvalue weighted by Crippen LogP contribution is 2.34. The van der Waals surface area contributed by atoms with E-state index in [0.717, 1.165) is 11.4 Å². The summed E-state index contributed by atoms with van der Waals surface area (Å²) in [5.41, 5.74) is 0.670. The van der Waals surface area contributed by atoms with Crippen LogP contribution in [0.1, 0.15) is 31.1 Å². The van der Waals surface area contributed by atoms with Crippen molar-refractivity contribution in [1.82, 2.24) is 0 Å². The van der Waals surface area contributed by atoms with E-state index in [9.17, 15) is 14.0 Å². The molecular formula is C15H17BrFNO2. The van der Waals surface area contributed by atoms with E-state index in [-0.39, 0.29) is 16.9 Å². The van der Waals surface area contributed by atoms with Crippen molar-refractivity contribution >= 4 is 33.3 Å². The first-order valence-corrected chi connectivity index (χ1v) is 7.59. The molecule has 108 valence electrons. The summed E-state index contributed by atoms with van der Waals surface area (Å²) in [6, 6.07) is 3.91. The maximum atomic E-state index is 13.2. The van der Waals surface area contributed by atoms with Gasteiger partial charge in [0.15, 0.2) is 0 Å². The monoisotopic (exact) mass is 341 g/mol. The highest BCUT2D eigenvalue weighted by atomic mass is 79.9. The first-order chi connectivity index (χ1) is 9.25. The minimum Gasteiger partial charge on any atom is -0.304 e. The summed E-state index contributed by atoms with van der Waals surface area (Å²) < 4.78 is 13.2. The number of hydrogen-bond acceptors (Lipinski definition) is 2. The quantitative estimate of drug-likeness (QED) is 0.624. The number of ketones is 1. The molecule has 0 saturated heterocycles. The zero-order chi connectivity index (χ0) is 15.1. The number of Topliss-reactive ketones (excluding diaryl/α,β-unsaturated/α-hetero) is 1. The molecule has 5 heteroatoms. The molecular weight excluding hydrogens is 325 g/mol. The van der Waals surface area contributed by atoms with Gasteiger partial charge in [0.25, 0.3) is 11.7 Å². The van der Waals surface area contributed by atoms with Gasteiger partial charge in [-0.1, -0.05) is 36.7 Å². The summed E-state index contributed by atoms with van der Waals surface area (Å²) in [6.07, 6.45) is 0. The summed E-state index contributed by atoms with van der Waals surface area (Å²) >= 11 is 3.46. The summed E-state index contributed by atoms with van der Waals surface area (Å²) in [5, 5.41) is 0.727. The van der Waals surface area contributed by atoms with Crippen molar-refractivity contribution in [3.05, 3.63) is 29.6 Å². The fraction of sp³-hybridized carbons (Fsp3) is 0.467. The Labute approximate surface area is 126 Å². The van der Waals surface area contributed by atoms with Gasteiger partial charge in [0.1, 0.15) is 5.82 Å². The molecule has 1 aliphatic heterocycles. The summed E-state index contributed by atoms with van der Waals surface area (Å²) in [5.74, 6) is -1.50. The van der Waals surface area contributed by atoms with Crippen LogP contribution in [0.3, 0.4) is 0 Å². The highest BCUT2D eigenvalue weighted by Gasteiger charge is 2.38. The van der Waals surface area contributed by atoms with Crippen molar-refractivity contribution in [3.8, 4) is 0 Å². The van der Waals surface area contributed by atoms with Crippen molar-refractivity contribution in [1.29, 1.82) is 0 Å². The fourth-order valence-electron chi connectivity index (χ4n) is 2.23. The van der Waals surface area contributed by atoms with Crippen molar-refractivity contribution in [2.75, 3.05) is 16.8 Å². The van der Waals surface area contributed by atoms with Crippen molar-refractivity contribution in [2.45, 2.75) is 20.8 Å². The molecule has 1 aromatic carbocycles. The van der Waals surface area contributed by atoms with Crippen LogP contribution in [0, 0.1) is 17.2 Å². The van der Waals surface area contributed by atoms with Crippen molar-refractivity contribution in [2.24, 2.45) is 11.3 Å². The zero-order valence-electron chi connectivity index (χ0n) is 11.7. The predicted molar refractivity (Wildman–Crippen MR) is 79.8 cm³/mol. The highest BCUT2D eigenvalue weighted by molar-refractivity contribution is 9.09. The molecule has 0 bridgehead atoms. The number of fused-ring (bicyclic) bond motifs is 1. The standard InChI is InChI=1S/C15H17BrFNO2/c1-15(2,3)9(7-16)8-18-12-5-4-10(17)6-11(12)13(19)14(18)20/h4-6,9H,7-8H2,1-3H3. The molecule has 1 aliphatic rings. The Morgan fingerprint density at radius 3 is 2.50 bits per heavy atom. The first-order valence-electron chi connectivity index (χ1n) is 6.47. The average Bonchev–Trinajstić information content (AvgIpc) is 2.58. The van der Waals surface area contributed by atoms with E-state index in [1.165, 1.54) is 17.0 Å². The van der Waals surface area contributed by atoms with Crippen LogP contribution in [0.2, 0.25) is 0 Å². The molecule has 0 aromatic heterocycles. The molecule has 0 radical (unpaired) electrons. The molecule has 3 nitrogen and oxygen atoms in total. The number of anilines is 1. The lowest BCUT2D eigenvalue weighted by Gasteiger charge is -2.32. The van der Waals surface area contributed by atoms with Crippen molar-refractivity contribution in [3.63, 3.8) is 0 Å². The lowest BCUT2D eigenvalue weighted by Crippen LogP contribution is -2.39. The minimum absolute atomic E-state index is 0.00435. The number of alkyl halides is 1. The van der Waals surface area contributed by atoms with Crippen LogP contribution in [0.15, 0.2) is 18.2 Å². The molecule has 1 aromatic rings. The van der Waals surface area contributed by atoms with E-state index in [1.807, 2.05) is 0 Å². The third-order valence-electron chi connectivity index (χ3n) is 3.75. The second-order valence-electron chi connectivity index (χ2n) is 6.12. The SMILES string of the molecule is CC(C)(C)C(CBr)CN1C(=O)C(=O)c2cc(F)ccc21. The van der Waals surface area contributed by atoms with Gasteiger partial charge in [-0.15, -0.1) is 0 Å². The average molecular weight is 342 g/mol. The number of carbonyl (C=O) groups excluding carboxylic acids is 2. The van der Waals surface area contributed by atoms with E-state index in [0.29, 0.717) is 12.2 Å². The van der Waals surface area contributed by atoms with E-state index in [1.54, 1.807) is 0 Å². The largest absolute Gasteiger partial charge is 0.304 e. The zero-order valence-corrected chi connectivity index (χ0v) is 13.3. The summed E-state index contributed by atoms with van der Waals surface area (Å²) in [6.45, 7) is 6.71. The minimum atomic E-state index is -0.623. The first kappa shape index (κ1) is 15.2. The second kappa shape index (κ2) is 5.28. The van der Waals surface area contributed by atoms with Gasteiger partial charge in [-0.3, -0.25) is 9.59 Å². The maximum Gasteiger partial charge on any atom is 0.299 e. The summed E-state index contributed by atoms with van der Waals surface area (Å²) in [4.78, 5) is 25.5. The molecule has 0 spiro atoms. The Morgan fingerprint density at radius 2 is 1.95 bits per heavy atom. The predicted octanol–water partition coefficient (Wildman–Crippen LogP) is 3.41. The number of nitrogens with zero attached hydrogens (tertiary/aromatic N) is 1. The molecule has 1 unspecified atom stereocenters. The van der Waals surface area contributed by atoms with Gasteiger partial charge in [-0.2, -0.15) is 0 Å². The molecule has 1 heterocycles. The maximum absolute atomic E-state index is 13.2. The van der Waals surface area contributed by atoms with Crippen molar-refractivity contribution < 1.29 is 14.0 Å². The molecule has 1 atom stereocenters. The molecule has 2 rings (SSSR count). The molecule has 1 amide bonds. The Bertz CT molecular complexity index is 565. The Kier molecular flexibility index (Phi) is 4.00. The summed E-state index contributed by atoms with van der Waals surface area (Å²) in [7, 11) is 0. The number of hydrogen-bond donors (Lipinski definition) is 0. The van der Waals surface area contributed by atoms with E-state index in [4.69, 9.17) is 0 Å². The van der Waals surface area contributed by atoms with Gasteiger partial charge in [0.2, 0.25) is 0 Å². The van der Waals surface area contributed by atoms with E-state index >= 15 is 0 Å². The Hall–Kier alpha value is -1.23. The lowest BCUT2D eigenvalue weighted by atomic mass is 9.82. The molecule has 0 aliphatic carbocycles. The van der Waals surface area contributed by atoms with Gasteiger partial charge in [0.05, 0.1) is 11.3 Å². The second-order valence-corrected chi connectivity index (χ2v) is 6.77. The number of halogens is 2. The van der Waals surface area contributed by atoms with Gasteiger partial charge in [-0.25, -0.2) is 4.39 Å². The van der Waals surface area contributed by atoms with Crippen LogP contribution in [0.25, 0.3) is 0 Å². The molecule has 20 heavy (non-hydrogen) atoms. The van der Waals surface area contributed by atoms with Gasteiger partial charge in [0, 0.05) is 11.9 Å². The number of rotatable bonds is 3. The molecule has 0 fully saturated rings. The Morgan fingerprint density at radius 1 is 1.30 bits per heavy atom. The number of carbonyl (C=O) groups is 2. The smallest absolute Gasteiger partial charge is 0.299 e. The van der Waals surface area contributed by atoms with E-state index < -0.39 is 17.5 Å². The van der Waals surface area contributed by atoms with Crippen LogP contribution < -0.4 is 4.90 Å². The van der Waals surface area contributed by atoms with E-state index in [2.05, 4.69) is 36.7 Å².